The van der Waals surface area contributed by atoms with Crippen LogP contribution in [0.2, 0.25) is 0 Å². The molecule has 2 nitrogen and oxygen atoms in total. The molecule has 1 aromatic rings. The van der Waals surface area contributed by atoms with Crippen LogP contribution in [0.15, 0.2) is 18.2 Å². The summed E-state index contributed by atoms with van der Waals surface area (Å²) in [7, 11) is 0. The lowest BCUT2D eigenvalue weighted by Crippen LogP contribution is -2.36. The van der Waals surface area contributed by atoms with Gasteiger partial charge in [-0.3, -0.25) is 4.79 Å². The van der Waals surface area contributed by atoms with Gasteiger partial charge in [0.15, 0.2) is 0 Å². The van der Waals surface area contributed by atoms with E-state index in [1.165, 1.54) is 0 Å². The van der Waals surface area contributed by atoms with Gasteiger partial charge in [-0.05, 0) is 37.0 Å². The maximum Gasteiger partial charge on any atom is 0.419 e. The minimum Gasteiger partial charge on any atom is -0.335 e. The van der Waals surface area contributed by atoms with E-state index in [1.54, 1.807) is 4.90 Å². The Balaban J connectivity index is 2.30. The molecule has 0 atom stereocenters. The van der Waals surface area contributed by atoms with Crippen molar-refractivity contribution in [3.63, 3.8) is 0 Å². The van der Waals surface area contributed by atoms with Crippen LogP contribution in [0.25, 0.3) is 0 Å². The minimum absolute atomic E-state index is 0.0966. The summed E-state index contributed by atoms with van der Waals surface area (Å²) < 4.78 is 51.4. The van der Waals surface area contributed by atoms with Gasteiger partial charge in [-0.25, -0.2) is 4.39 Å². The molecule has 0 unspecified atom stereocenters. The molecule has 0 bridgehead atoms. The van der Waals surface area contributed by atoms with Gasteiger partial charge >= 0.3 is 6.18 Å². The first-order chi connectivity index (χ1) is 9.70. The third-order valence-corrected chi connectivity index (χ3v) is 3.33. The van der Waals surface area contributed by atoms with Crippen molar-refractivity contribution in [1.82, 2.24) is 4.90 Å². The Hall–Kier alpha value is -1.59. The van der Waals surface area contributed by atoms with E-state index in [1.807, 2.05) is 13.8 Å². The summed E-state index contributed by atoms with van der Waals surface area (Å²) in [6, 6.07) is 2.52. The Bertz CT molecular complexity index is 535. The second-order valence-corrected chi connectivity index (χ2v) is 5.77. The second-order valence-electron chi connectivity index (χ2n) is 5.77. The zero-order valence-electron chi connectivity index (χ0n) is 11.9. The van der Waals surface area contributed by atoms with Gasteiger partial charge in [-0.1, -0.05) is 13.8 Å². The number of benzene rings is 1. The van der Waals surface area contributed by atoms with Crippen molar-refractivity contribution >= 4 is 5.91 Å². The fourth-order valence-electron chi connectivity index (χ4n) is 2.22. The van der Waals surface area contributed by atoms with Gasteiger partial charge in [-0.15, -0.1) is 0 Å². The van der Waals surface area contributed by atoms with Crippen molar-refractivity contribution in [1.29, 1.82) is 0 Å². The van der Waals surface area contributed by atoms with Gasteiger partial charge in [0.1, 0.15) is 5.82 Å². The normalized spacial score (nSPS) is 15.4. The fourth-order valence-corrected chi connectivity index (χ4v) is 2.22. The highest BCUT2D eigenvalue weighted by molar-refractivity contribution is 5.94. The highest BCUT2D eigenvalue weighted by Crippen LogP contribution is 2.33. The summed E-state index contributed by atoms with van der Waals surface area (Å²) in [5, 5.41) is 0. The van der Waals surface area contributed by atoms with Crippen LogP contribution in [0.1, 0.15) is 42.6 Å². The van der Waals surface area contributed by atoms with Crippen LogP contribution in [0, 0.1) is 11.7 Å². The van der Waals surface area contributed by atoms with E-state index in [9.17, 15) is 22.4 Å². The average Bonchev–Trinajstić information content (AvgIpc) is 3.18. The molecule has 1 amide bonds. The van der Waals surface area contributed by atoms with Crippen molar-refractivity contribution in [2.75, 3.05) is 6.54 Å². The highest BCUT2D eigenvalue weighted by atomic mass is 19.4. The molecule has 1 saturated carbocycles. The van der Waals surface area contributed by atoms with Crippen molar-refractivity contribution in [3.05, 3.63) is 35.1 Å². The van der Waals surface area contributed by atoms with Crippen LogP contribution in [0.5, 0.6) is 0 Å². The fraction of sp³-hybridized carbons (Fsp3) is 0.533. The lowest BCUT2D eigenvalue weighted by molar-refractivity contribution is -0.140. The Morgan fingerprint density at radius 2 is 1.95 bits per heavy atom. The van der Waals surface area contributed by atoms with Gasteiger partial charge in [0.2, 0.25) is 0 Å². The maximum atomic E-state index is 13.3. The Kier molecular flexibility index (Phi) is 4.25. The number of halogens is 4. The zero-order chi connectivity index (χ0) is 15.8. The number of nitrogens with zero attached hydrogens (tertiary/aromatic N) is 1. The van der Waals surface area contributed by atoms with E-state index in [2.05, 4.69) is 0 Å². The molecule has 1 aromatic carbocycles. The largest absolute Gasteiger partial charge is 0.419 e. The lowest BCUT2D eigenvalue weighted by Gasteiger charge is -2.25. The smallest absolute Gasteiger partial charge is 0.335 e. The maximum absolute atomic E-state index is 13.3. The van der Waals surface area contributed by atoms with Crippen LogP contribution >= 0.6 is 0 Å². The molecule has 1 aliphatic rings. The topological polar surface area (TPSA) is 20.3 Å². The van der Waals surface area contributed by atoms with Crippen molar-refractivity contribution in [3.8, 4) is 0 Å². The predicted molar refractivity (Wildman–Crippen MR) is 70.3 cm³/mol. The minimum atomic E-state index is -4.80. The lowest BCUT2D eigenvalue weighted by atomic mass is 10.1. The first-order valence-electron chi connectivity index (χ1n) is 6.88. The van der Waals surface area contributed by atoms with E-state index in [0.29, 0.717) is 18.7 Å². The summed E-state index contributed by atoms with van der Waals surface area (Å²) in [4.78, 5) is 14.0. The molecule has 21 heavy (non-hydrogen) atoms. The third kappa shape index (κ3) is 3.74. The molecule has 116 valence electrons. The zero-order valence-corrected chi connectivity index (χ0v) is 11.9. The summed E-state index contributed by atoms with van der Waals surface area (Å²) in [6.07, 6.45) is -3.07. The molecule has 6 heteroatoms. The number of rotatable bonds is 4. The van der Waals surface area contributed by atoms with Crippen LogP contribution in [-0.4, -0.2) is 23.4 Å². The molecule has 0 heterocycles. The molecule has 0 radical (unpaired) electrons. The molecule has 2 rings (SSSR count). The van der Waals surface area contributed by atoms with E-state index >= 15 is 0 Å². The van der Waals surface area contributed by atoms with Crippen molar-refractivity contribution in [2.45, 2.75) is 38.9 Å². The Labute approximate surface area is 120 Å². The quantitative estimate of drug-likeness (QED) is 0.767. The molecule has 0 aliphatic heterocycles. The molecule has 0 N–H and O–H groups in total. The Morgan fingerprint density at radius 1 is 1.33 bits per heavy atom. The van der Waals surface area contributed by atoms with Gasteiger partial charge in [0.05, 0.1) is 5.56 Å². The van der Waals surface area contributed by atoms with Crippen LogP contribution < -0.4 is 0 Å². The molecular formula is C15H17F4NO. The van der Waals surface area contributed by atoms with Crippen molar-refractivity contribution in [2.24, 2.45) is 5.92 Å². The second kappa shape index (κ2) is 5.66. The van der Waals surface area contributed by atoms with E-state index in [-0.39, 0.29) is 17.5 Å². The molecular weight excluding hydrogens is 286 g/mol. The number of hydrogen-bond donors (Lipinski definition) is 0. The number of alkyl halides is 3. The van der Waals surface area contributed by atoms with Crippen LogP contribution in [-0.2, 0) is 6.18 Å². The number of amides is 1. The molecule has 1 aliphatic carbocycles. The van der Waals surface area contributed by atoms with Crippen LogP contribution in [0.3, 0.4) is 0 Å². The Morgan fingerprint density at radius 3 is 2.43 bits per heavy atom. The predicted octanol–water partition coefficient (Wildman–Crippen LogP) is 4.11. The number of hydrogen-bond acceptors (Lipinski definition) is 1. The summed E-state index contributed by atoms with van der Waals surface area (Å²) in [6.45, 7) is 4.37. The third-order valence-electron chi connectivity index (χ3n) is 3.33. The number of carbonyl (C=O) groups is 1. The molecule has 1 fully saturated rings. The number of carbonyl (C=O) groups excluding carboxylic acids is 1. The van der Waals surface area contributed by atoms with E-state index in [4.69, 9.17) is 0 Å². The van der Waals surface area contributed by atoms with Crippen LogP contribution in [0.4, 0.5) is 17.6 Å². The molecule has 0 saturated heterocycles. The average molecular weight is 303 g/mol. The molecule has 0 spiro atoms. The summed E-state index contributed by atoms with van der Waals surface area (Å²) in [5.41, 5.74) is -1.51. The van der Waals surface area contributed by atoms with Gasteiger partial charge < -0.3 is 4.90 Å². The first-order valence-corrected chi connectivity index (χ1v) is 6.88. The van der Waals surface area contributed by atoms with E-state index in [0.717, 1.165) is 18.9 Å². The summed E-state index contributed by atoms with van der Waals surface area (Å²) >= 11 is 0. The van der Waals surface area contributed by atoms with E-state index < -0.39 is 23.5 Å². The first kappa shape index (κ1) is 15.8. The van der Waals surface area contributed by atoms with Gasteiger partial charge in [0.25, 0.3) is 5.91 Å². The standard InChI is InChI=1S/C15H17F4NO/c1-9(2)8-20(11-4-5-11)14(21)10-3-6-13(16)12(7-10)15(17,18)19/h3,6-7,9,11H,4-5,8H2,1-2H3. The van der Waals surface area contributed by atoms with Crippen molar-refractivity contribution < 1.29 is 22.4 Å². The SMILES string of the molecule is CC(C)CN(C(=O)c1ccc(F)c(C(F)(F)F)c1)C1CC1. The van der Waals surface area contributed by atoms with Gasteiger partial charge in [0, 0.05) is 18.2 Å². The monoisotopic (exact) mass is 303 g/mol. The van der Waals surface area contributed by atoms with Gasteiger partial charge in [-0.2, -0.15) is 13.2 Å². The summed E-state index contributed by atoms with van der Waals surface area (Å²) in [5.74, 6) is -1.60. The molecule has 0 aromatic heterocycles. The highest BCUT2D eigenvalue weighted by Gasteiger charge is 2.37.